The lowest BCUT2D eigenvalue weighted by molar-refractivity contribution is -0.144. The minimum absolute atomic E-state index is 0.0694. The van der Waals surface area contributed by atoms with E-state index in [1.165, 1.54) is 0 Å². The SMILES string of the molecule is O=c1c(C(F)(F)F)cc(C(F)(F)F)cn1-c1c(F)cc(C(F)(F)F)cc1Cl. The Morgan fingerprint density at radius 2 is 1.30 bits per heavy atom. The standard InChI is InChI=1S/C14H4ClF10NO/c15-8-2-5(12(17,18)19)3-9(16)10(8)26-4-6(13(20,21)22)1-7(11(26)27)14(23,24)25/h1-4H. The minimum atomic E-state index is -5.55. The fourth-order valence-corrected chi connectivity index (χ4v) is 2.36. The minimum Gasteiger partial charge on any atom is -0.279 e. The van der Waals surface area contributed by atoms with Crippen molar-refractivity contribution >= 4 is 11.6 Å². The molecule has 0 amide bonds. The molecule has 0 spiro atoms. The molecular formula is C14H4ClF10NO. The smallest absolute Gasteiger partial charge is 0.279 e. The third-order valence-corrected chi connectivity index (χ3v) is 3.52. The van der Waals surface area contributed by atoms with E-state index in [1.807, 2.05) is 0 Å². The summed E-state index contributed by atoms with van der Waals surface area (Å²) in [5.74, 6) is -1.94. The summed E-state index contributed by atoms with van der Waals surface area (Å²) < 4.78 is 129. The van der Waals surface area contributed by atoms with E-state index in [0.717, 1.165) is 0 Å². The van der Waals surface area contributed by atoms with Crippen LogP contribution in [0.1, 0.15) is 16.7 Å². The van der Waals surface area contributed by atoms with Gasteiger partial charge in [-0.3, -0.25) is 9.36 Å². The highest BCUT2D eigenvalue weighted by Gasteiger charge is 2.40. The Kier molecular flexibility index (Phi) is 5.01. The Labute approximate surface area is 147 Å². The van der Waals surface area contributed by atoms with Crippen molar-refractivity contribution in [2.24, 2.45) is 0 Å². The van der Waals surface area contributed by atoms with Crippen molar-refractivity contribution in [2.45, 2.75) is 18.5 Å². The van der Waals surface area contributed by atoms with Crippen LogP contribution in [0, 0.1) is 5.82 Å². The highest BCUT2D eigenvalue weighted by Crippen LogP contribution is 2.37. The predicted octanol–water partition coefficient (Wildman–Crippen LogP) is 5.69. The average Bonchev–Trinajstić information content (AvgIpc) is 2.44. The maximum absolute atomic E-state index is 14.1. The molecule has 0 fully saturated rings. The van der Waals surface area contributed by atoms with Crippen LogP contribution in [0.25, 0.3) is 5.69 Å². The maximum atomic E-state index is 14.1. The monoisotopic (exact) mass is 427 g/mol. The molecule has 0 aliphatic rings. The molecule has 0 unspecified atom stereocenters. The molecule has 2 rings (SSSR count). The molecule has 0 aliphatic heterocycles. The van der Waals surface area contributed by atoms with Crippen LogP contribution in [0.4, 0.5) is 43.9 Å². The van der Waals surface area contributed by atoms with Gasteiger partial charge < -0.3 is 0 Å². The number of nitrogens with zero attached hydrogens (tertiary/aromatic N) is 1. The summed E-state index contributed by atoms with van der Waals surface area (Å²) in [6.45, 7) is 0. The zero-order valence-corrected chi connectivity index (χ0v) is 13.1. The lowest BCUT2D eigenvalue weighted by Gasteiger charge is -2.17. The molecule has 13 heteroatoms. The summed E-state index contributed by atoms with van der Waals surface area (Å²) in [5, 5.41) is -1.21. The molecule has 27 heavy (non-hydrogen) atoms. The molecule has 2 aromatic rings. The molecule has 0 aliphatic carbocycles. The Bertz CT molecular complexity index is 916. The van der Waals surface area contributed by atoms with E-state index in [0.29, 0.717) is 0 Å². The Balaban J connectivity index is 2.89. The van der Waals surface area contributed by atoms with Gasteiger partial charge in [-0.1, -0.05) is 11.6 Å². The number of pyridine rings is 1. The molecule has 1 heterocycles. The first kappa shape index (κ1) is 21.1. The predicted molar refractivity (Wildman–Crippen MR) is 72.0 cm³/mol. The van der Waals surface area contributed by atoms with Gasteiger partial charge in [-0.15, -0.1) is 0 Å². The first-order valence-corrected chi connectivity index (χ1v) is 6.89. The summed E-state index contributed by atoms with van der Waals surface area (Å²) in [6.07, 6.45) is -16.2. The van der Waals surface area contributed by atoms with E-state index >= 15 is 0 Å². The van der Waals surface area contributed by atoms with Crippen LogP contribution in [0.5, 0.6) is 0 Å². The normalized spacial score (nSPS) is 13.1. The van der Waals surface area contributed by atoms with Crippen molar-refractivity contribution < 1.29 is 43.9 Å². The van der Waals surface area contributed by atoms with E-state index in [-0.39, 0.29) is 18.3 Å². The van der Waals surface area contributed by atoms with Crippen molar-refractivity contribution in [1.82, 2.24) is 4.57 Å². The summed E-state index contributed by atoms with van der Waals surface area (Å²) >= 11 is 5.42. The van der Waals surface area contributed by atoms with Crippen molar-refractivity contribution in [1.29, 1.82) is 0 Å². The lowest BCUT2D eigenvalue weighted by atomic mass is 10.1. The lowest BCUT2D eigenvalue weighted by Crippen LogP contribution is -2.30. The van der Waals surface area contributed by atoms with Gasteiger partial charge in [-0.25, -0.2) is 4.39 Å². The number of hydrogen-bond acceptors (Lipinski definition) is 1. The van der Waals surface area contributed by atoms with Gasteiger partial charge in [0.15, 0.2) is 0 Å². The van der Waals surface area contributed by atoms with Gasteiger partial charge >= 0.3 is 18.5 Å². The Morgan fingerprint density at radius 1 is 0.778 bits per heavy atom. The van der Waals surface area contributed by atoms with Crippen molar-refractivity contribution in [3.8, 4) is 5.69 Å². The molecule has 0 radical (unpaired) electrons. The first-order valence-electron chi connectivity index (χ1n) is 6.51. The number of halogens is 11. The van der Waals surface area contributed by atoms with E-state index in [1.54, 1.807) is 0 Å². The van der Waals surface area contributed by atoms with Gasteiger partial charge in [-0.2, -0.15) is 39.5 Å². The number of alkyl halides is 9. The van der Waals surface area contributed by atoms with Gasteiger partial charge in [0.05, 0.1) is 16.1 Å². The van der Waals surface area contributed by atoms with Crippen LogP contribution >= 0.6 is 11.6 Å². The third-order valence-electron chi connectivity index (χ3n) is 3.24. The van der Waals surface area contributed by atoms with Crippen LogP contribution in [0.3, 0.4) is 0 Å². The fourth-order valence-electron chi connectivity index (χ4n) is 2.07. The molecule has 0 bridgehead atoms. The highest BCUT2D eigenvalue weighted by atomic mass is 35.5. The van der Waals surface area contributed by atoms with Crippen LogP contribution < -0.4 is 5.56 Å². The zero-order valence-electron chi connectivity index (χ0n) is 12.3. The summed E-state index contributed by atoms with van der Waals surface area (Å²) in [6, 6.07) is -0.629. The molecule has 0 saturated carbocycles. The quantitative estimate of drug-likeness (QED) is 0.536. The molecule has 148 valence electrons. The molecule has 0 saturated heterocycles. The Hall–Kier alpha value is -2.24. The molecular weight excluding hydrogens is 424 g/mol. The second-order valence-electron chi connectivity index (χ2n) is 5.10. The fraction of sp³-hybridized carbons (Fsp3) is 0.214. The van der Waals surface area contributed by atoms with Gasteiger partial charge in [-0.05, 0) is 18.2 Å². The van der Waals surface area contributed by atoms with Gasteiger partial charge in [0.2, 0.25) is 0 Å². The molecule has 1 aromatic heterocycles. The highest BCUT2D eigenvalue weighted by molar-refractivity contribution is 6.32. The Morgan fingerprint density at radius 3 is 1.70 bits per heavy atom. The van der Waals surface area contributed by atoms with E-state index in [4.69, 9.17) is 11.6 Å². The maximum Gasteiger partial charge on any atom is 0.421 e. The van der Waals surface area contributed by atoms with Crippen molar-refractivity contribution in [3.63, 3.8) is 0 Å². The topological polar surface area (TPSA) is 22.0 Å². The number of hydrogen-bond donors (Lipinski definition) is 0. The van der Waals surface area contributed by atoms with E-state index < -0.39 is 67.9 Å². The van der Waals surface area contributed by atoms with Crippen LogP contribution in [0.15, 0.2) is 29.2 Å². The number of rotatable bonds is 1. The van der Waals surface area contributed by atoms with Gasteiger partial charge in [0, 0.05) is 6.20 Å². The van der Waals surface area contributed by atoms with E-state index in [2.05, 4.69) is 0 Å². The molecule has 0 N–H and O–H groups in total. The van der Waals surface area contributed by atoms with Crippen LogP contribution in [0.2, 0.25) is 5.02 Å². The molecule has 0 atom stereocenters. The van der Waals surface area contributed by atoms with Crippen molar-refractivity contribution in [2.75, 3.05) is 0 Å². The summed E-state index contributed by atoms with van der Waals surface area (Å²) in [7, 11) is 0. The second-order valence-corrected chi connectivity index (χ2v) is 5.51. The second kappa shape index (κ2) is 6.43. The number of benzene rings is 1. The average molecular weight is 428 g/mol. The summed E-state index contributed by atoms with van der Waals surface area (Å²) in [4.78, 5) is 11.9. The zero-order chi connectivity index (χ0) is 20.9. The van der Waals surface area contributed by atoms with Gasteiger partial charge in [0.25, 0.3) is 5.56 Å². The summed E-state index contributed by atoms with van der Waals surface area (Å²) in [5.41, 5.74) is -9.45. The van der Waals surface area contributed by atoms with Crippen LogP contribution in [-0.4, -0.2) is 4.57 Å². The van der Waals surface area contributed by atoms with E-state index in [9.17, 15) is 48.7 Å². The third kappa shape index (κ3) is 4.20. The van der Waals surface area contributed by atoms with Gasteiger partial charge in [0.1, 0.15) is 17.1 Å². The first-order chi connectivity index (χ1) is 12.0. The number of aromatic nitrogens is 1. The molecule has 2 nitrogen and oxygen atoms in total. The largest absolute Gasteiger partial charge is 0.421 e. The molecule has 1 aromatic carbocycles. The van der Waals surface area contributed by atoms with Crippen LogP contribution in [-0.2, 0) is 18.5 Å². The van der Waals surface area contributed by atoms with Crippen molar-refractivity contribution in [3.05, 3.63) is 62.3 Å².